The van der Waals surface area contributed by atoms with Crippen LogP contribution in [-0.2, 0) is 23.1 Å². The summed E-state index contributed by atoms with van der Waals surface area (Å²) in [7, 11) is 3.78. The minimum atomic E-state index is 0.0305. The van der Waals surface area contributed by atoms with Crippen molar-refractivity contribution in [1.82, 2.24) is 19.7 Å². The number of carbonyl (C=O) groups is 1. The molecule has 3 aromatic rings. The van der Waals surface area contributed by atoms with Gasteiger partial charge in [0.1, 0.15) is 5.82 Å². The minimum Gasteiger partial charge on any atom is -0.381 e. The second kappa shape index (κ2) is 10.2. The average Bonchev–Trinajstić information content (AvgIpc) is 3.24. The quantitative estimate of drug-likeness (QED) is 0.573. The second-order valence-corrected chi connectivity index (χ2v) is 9.80. The number of amides is 1. The molecule has 0 unspecified atom stereocenters. The molecule has 1 N–H and O–H groups in total. The fourth-order valence-electron chi connectivity index (χ4n) is 5.39. The van der Waals surface area contributed by atoms with Gasteiger partial charge in [-0.2, -0.15) is 5.10 Å². The summed E-state index contributed by atoms with van der Waals surface area (Å²) < 4.78 is 7.44. The van der Waals surface area contributed by atoms with Gasteiger partial charge in [-0.05, 0) is 74.7 Å². The molecule has 2 aliphatic rings. The Labute approximate surface area is 201 Å². The number of benzene rings is 1. The number of ether oxygens (including phenoxy) is 1. The zero-order valence-electron chi connectivity index (χ0n) is 20.3. The number of methoxy groups -OCH3 is 1. The minimum absolute atomic E-state index is 0.0305. The zero-order valence-corrected chi connectivity index (χ0v) is 20.3. The van der Waals surface area contributed by atoms with Gasteiger partial charge in [-0.25, -0.2) is 4.98 Å². The van der Waals surface area contributed by atoms with Crippen LogP contribution in [-0.4, -0.2) is 51.9 Å². The van der Waals surface area contributed by atoms with E-state index in [1.54, 1.807) is 7.11 Å². The molecule has 1 saturated heterocycles. The smallest absolute Gasteiger partial charge is 0.228 e. The van der Waals surface area contributed by atoms with Gasteiger partial charge in [0.15, 0.2) is 0 Å². The van der Waals surface area contributed by atoms with Crippen LogP contribution in [0.3, 0.4) is 0 Å². The van der Waals surface area contributed by atoms with Crippen LogP contribution < -0.4 is 5.32 Å². The summed E-state index contributed by atoms with van der Waals surface area (Å²) >= 11 is 0. The number of hydrogen-bond acceptors (Lipinski definition) is 5. The van der Waals surface area contributed by atoms with Crippen molar-refractivity contribution in [2.24, 2.45) is 13.0 Å². The van der Waals surface area contributed by atoms with Gasteiger partial charge in [-0.15, -0.1) is 0 Å². The van der Waals surface area contributed by atoms with E-state index in [2.05, 4.69) is 38.5 Å². The van der Waals surface area contributed by atoms with Gasteiger partial charge >= 0.3 is 0 Å². The molecule has 180 valence electrons. The van der Waals surface area contributed by atoms with Crippen molar-refractivity contribution in [1.29, 1.82) is 0 Å². The van der Waals surface area contributed by atoms with E-state index in [0.29, 0.717) is 5.82 Å². The van der Waals surface area contributed by atoms with Crippen molar-refractivity contribution in [2.45, 2.75) is 57.6 Å². The highest BCUT2D eigenvalue weighted by molar-refractivity contribution is 5.95. The van der Waals surface area contributed by atoms with Crippen molar-refractivity contribution < 1.29 is 9.53 Å². The average molecular weight is 462 g/mol. The van der Waals surface area contributed by atoms with Gasteiger partial charge < -0.3 is 10.1 Å². The largest absolute Gasteiger partial charge is 0.381 e. The number of anilines is 1. The number of fused-ring (bicyclic) bond motifs is 1. The molecular formula is C27H35N5O2. The number of aromatic nitrogens is 3. The maximum absolute atomic E-state index is 12.8. The van der Waals surface area contributed by atoms with Crippen molar-refractivity contribution >= 4 is 22.5 Å². The lowest BCUT2D eigenvalue weighted by atomic mass is 9.87. The molecule has 0 spiro atoms. The first kappa shape index (κ1) is 23.0. The Hall–Kier alpha value is -2.77. The number of rotatable bonds is 6. The molecule has 0 atom stereocenters. The number of aryl methyl sites for hydroxylation is 1. The normalized spacial score (nSPS) is 21.6. The first-order chi connectivity index (χ1) is 16.6. The van der Waals surface area contributed by atoms with E-state index < -0.39 is 0 Å². The molecule has 1 aliphatic heterocycles. The molecule has 1 aliphatic carbocycles. The maximum Gasteiger partial charge on any atom is 0.228 e. The predicted octanol–water partition coefficient (Wildman–Crippen LogP) is 4.76. The van der Waals surface area contributed by atoms with Gasteiger partial charge in [0.05, 0.1) is 18.0 Å². The van der Waals surface area contributed by atoms with E-state index >= 15 is 0 Å². The van der Waals surface area contributed by atoms with E-state index in [1.807, 2.05) is 30.2 Å². The predicted molar refractivity (Wildman–Crippen MR) is 134 cm³/mol. The standard InChI is InChI=1S/C27H35N5O2/c1-31-25(18-32-12-4-3-5-13-32)24(17-29-31)20-6-7-21-16-28-26(15-22(21)14-20)30-27(33)19-8-10-23(34-2)11-9-19/h6-7,14-17,19,23H,3-5,8-13,18H2,1-2H3,(H,28,30,33)/t19-,23-. The Morgan fingerprint density at radius 1 is 1.06 bits per heavy atom. The van der Waals surface area contributed by atoms with Crippen molar-refractivity contribution in [3.63, 3.8) is 0 Å². The Bertz CT molecular complexity index is 1140. The van der Waals surface area contributed by atoms with Crippen LogP contribution >= 0.6 is 0 Å². The molecule has 1 amide bonds. The number of nitrogens with one attached hydrogen (secondary N) is 1. The summed E-state index contributed by atoms with van der Waals surface area (Å²) in [5.41, 5.74) is 3.57. The molecule has 3 heterocycles. The fraction of sp³-hybridized carbons (Fsp3) is 0.519. The molecule has 1 aromatic carbocycles. The van der Waals surface area contributed by atoms with Crippen LogP contribution in [0.4, 0.5) is 5.82 Å². The molecule has 1 saturated carbocycles. The number of carbonyl (C=O) groups excluding carboxylic acids is 1. The van der Waals surface area contributed by atoms with E-state index in [-0.39, 0.29) is 17.9 Å². The molecule has 5 rings (SSSR count). The Kier molecular flexibility index (Phi) is 6.92. The first-order valence-electron chi connectivity index (χ1n) is 12.6. The molecule has 0 radical (unpaired) electrons. The van der Waals surface area contributed by atoms with E-state index in [4.69, 9.17) is 4.74 Å². The van der Waals surface area contributed by atoms with E-state index in [1.165, 1.54) is 30.5 Å². The van der Waals surface area contributed by atoms with Crippen LogP contribution in [0.15, 0.2) is 36.7 Å². The molecule has 2 fully saturated rings. The zero-order chi connectivity index (χ0) is 23.5. The lowest BCUT2D eigenvalue weighted by molar-refractivity contribution is -0.121. The summed E-state index contributed by atoms with van der Waals surface area (Å²) in [6.07, 6.45) is 11.6. The van der Waals surface area contributed by atoms with E-state index in [9.17, 15) is 4.79 Å². The van der Waals surface area contributed by atoms with E-state index in [0.717, 1.165) is 61.7 Å². The lowest BCUT2D eigenvalue weighted by Gasteiger charge is -2.26. The number of nitrogens with zero attached hydrogens (tertiary/aromatic N) is 4. The maximum atomic E-state index is 12.8. The van der Waals surface area contributed by atoms with Crippen molar-refractivity contribution in [3.05, 3.63) is 42.4 Å². The van der Waals surface area contributed by atoms with Crippen LogP contribution in [0.2, 0.25) is 0 Å². The molecule has 7 heteroatoms. The van der Waals surface area contributed by atoms with Crippen LogP contribution in [0.1, 0.15) is 50.6 Å². The highest BCUT2D eigenvalue weighted by Crippen LogP contribution is 2.30. The fourth-order valence-corrected chi connectivity index (χ4v) is 5.39. The van der Waals surface area contributed by atoms with Gasteiger partial charge in [0.25, 0.3) is 0 Å². The number of likely N-dealkylation sites (tertiary alicyclic amines) is 1. The summed E-state index contributed by atoms with van der Waals surface area (Å²) in [4.78, 5) is 19.8. The summed E-state index contributed by atoms with van der Waals surface area (Å²) in [5, 5.41) is 9.75. The SMILES string of the molecule is CO[C@H]1CC[C@H](C(=O)Nc2cc3cc(-c4cnn(C)c4CN4CCCCC4)ccc3cn2)CC1. The summed E-state index contributed by atoms with van der Waals surface area (Å²) in [6, 6.07) is 8.42. The Morgan fingerprint density at radius 2 is 1.85 bits per heavy atom. The summed E-state index contributed by atoms with van der Waals surface area (Å²) in [5.74, 6) is 0.708. The van der Waals surface area contributed by atoms with Gasteiger partial charge in [-0.1, -0.05) is 18.6 Å². The number of hydrogen-bond donors (Lipinski definition) is 1. The van der Waals surface area contributed by atoms with Gasteiger partial charge in [0, 0.05) is 43.8 Å². The molecule has 0 bridgehead atoms. The van der Waals surface area contributed by atoms with Crippen molar-refractivity contribution in [3.8, 4) is 11.1 Å². The highest BCUT2D eigenvalue weighted by atomic mass is 16.5. The Morgan fingerprint density at radius 3 is 2.62 bits per heavy atom. The second-order valence-electron chi connectivity index (χ2n) is 9.80. The highest BCUT2D eigenvalue weighted by Gasteiger charge is 2.26. The van der Waals surface area contributed by atoms with Crippen LogP contribution in [0.5, 0.6) is 0 Å². The molecule has 2 aromatic heterocycles. The third-order valence-electron chi connectivity index (χ3n) is 7.55. The number of pyridine rings is 1. The van der Waals surface area contributed by atoms with Gasteiger partial charge in [0.2, 0.25) is 5.91 Å². The van der Waals surface area contributed by atoms with Crippen molar-refractivity contribution in [2.75, 3.05) is 25.5 Å². The lowest BCUT2D eigenvalue weighted by Crippen LogP contribution is -2.30. The third-order valence-corrected chi connectivity index (χ3v) is 7.55. The monoisotopic (exact) mass is 461 g/mol. The third kappa shape index (κ3) is 5.00. The Balaban J connectivity index is 1.34. The number of piperidine rings is 1. The van der Waals surface area contributed by atoms with Crippen LogP contribution in [0.25, 0.3) is 21.9 Å². The first-order valence-corrected chi connectivity index (χ1v) is 12.6. The summed E-state index contributed by atoms with van der Waals surface area (Å²) in [6.45, 7) is 3.24. The van der Waals surface area contributed by atoms with Crippen LogP contribution in [0, 0.1) is 5.92 Å². The molecular weight excluding hydrogens is 426 g/mol. The topological polar surface area (TPSA) is 72.3 Å². The molecule has 7 nitrogen and oxygen atoms in total. The van der Waals surface area contributed by atoms with Gasteiger partial charge in [-0.3, -0.25) is 14.4 Å². The molecule has 34 heavy (non-hydrogen) atoms.